The van der Waals surface area contributed by atoms with Gasteiger partial charge >= 0.3 is 0 Å². The Hall–Kier alpha value is -1.85. The summed E-state index contributed by atoms with van der Waals surface area (Å²) < 4.78 is 2.09. The lowest BCUT2D eigenvalue weighted by Gasteiger charge is -2.15. The van der Waals surface area contributed by atoms with Gasteiger partial charge in [-0.2, -0.15) is 5.10 Å². The van der Waals surface area contributed by atoms with E-state index in [9.17, 15) is 0 Å². The number of nitrogens with zero attached hydrogens (tertiary/aromatic N) is 5. The SMILES string of the molecule is Cn1c(-c2n[nH]c3c2CCCC3)nnc1N1CCCC1. The van der Waals surface area contributed by atoms with Crippen LogP contribution in [-0.4, -0.2) is 38.1 Å². The van der Waals surface area contributed by atoms with Crippen molar-refractivity contribution in [2.45, 2.75) is 38.5 Å². The zero-order chi connectivity index (χ0) is 13.5. The van der Waals surface area contributed by atoms with Gasteiger partial charge in [-0.15, -0.1) is 10.2 Å². The van der Waals surface area contributed by atoms with Gasteiger partial charge in [0.05, 0.1) is 0 Å². The van der Waals surface area contributed by atoms with Crippen LogP contribution in [0.3, 0.4) is 0 Å². The number of fused-ring (bicyclic) bond motifs is 1. The van der Waals surface area contributed by atoms with Gasteiger partial charge < -0.3 is 4.90 Å². The third-order valence-corrected chi connectivity index (χ3v) is 4.51. The smallest absolute Gasteiger partial charge is 0.227 e. The molecule has 0 unspecified atom stereocenters. The third-order valence-electron chi connectivity index (χ3n) is 4.51. The Morgan fingerprint density at radius 2 is 1.80 bits per heavy atom. The van der Waals surface area contributed by atoms with E-state index in [0.29, 0.717) is 0 Å². The first-order valence-electron chi connectivity index (χ1n) is 7.55. The van der Waals surface area contributed by atoms with Crippen LogP contribution in [0, 0.1) is 0 Å². The van der Waals surface area contributed by atoms with Crippen molar-refractivity contribution in [1.82, 2.24) is 25.0 Å². The van der Waals surface area contributed by atoms with Crippen molar-refractivity contribution < 1.29 is 0 Å². The van der Waals surface area contributed by atoms with Gasteiger partial charge in [0.1, 0.15) is 5.69 Å². The fourth-order valence-electron chi connectivity index (χ4n) is 3.39. The number of aromatic nitrogens is 5. The fourth-order valence-corrected chi connectivity index (χ4v) is 3.39. The molecule has 0 spiro atoms. The lowest BCUT2D eigenvalue weighted by molar-refractivity contribution is 0.675. The van der Waals surface area contributed by atoms with E-state index in [0.717, 1.165) is 43.4 Å². The molecule has 1 N–H and O–H groups in total. The third kappa shape index (κ3) is 1.74. The maximum absolute atomic E-state index is 4.50. The van der Waals surface area contributed by atoms with Gasteiger partial charge in [0.15, 0.2) is 5.82 Å². The highest BCUT2D eigenvalue weighted by molar-refractivity contribution is 5.59. The largest absolute Gasteiger partial charge is 0.341 e. The Labute approximate surface area is 118 Å². The molecule has 0 bridgehead atoms. The first kappa shape index (κ1) is 11.9. The maximum Gasteiger partial charge on any atom is 0.227 e. The minimum Gasteiger partial charge on any atom is -0.341 e. The molecule has 1 fully saturated rings. The zero-order valence-electron chi connectivity index (χ0n) is 11.9. The van der Waals surface area contributed by atoms with E-state index in [1.54, 1.807) is 0 Å². The van der Waals surface area contributed by atoms with Crippen molar-refractivity contribution in [1.29, 1.82) is 0 Å². The Balaban J connectivity index is 1.74. The van der Waals surface area contributed by atoms with Crippen LogP contribution >= 0.6 is 0 Å². The number of H-pyrrole nitrogens is 1. The minimum atomic E-state index is 0.895. The molecule has 2 aromatic rings. The van der Waals surface area contributed by atoms with Crippen LogP contribution in [0.1, 0.15) is 36.9 Å². The number of rotatable bonds is 2. The quantitative estimate of drug-likeness (QED) is 0.903. The summed E-state index contributed by atoms with van der Waals surface area (Å²) >= 11 is 0. The lowest BCUT2D eigenvalue weighted by Crippen LogP contribution is -2.21. The van der Waals surface area contributed by atoms with E-state index in [1.807, 2.05) is 7.05 Å². The van der Waals surface area contributed by atoms with Crippen LogP contribution in [-0.2, 0) is 19.9 Å². The lowest BCUT2D eigenvalue weighted by atomic mass is 9.96. The second kappa shape index (κ2) is 4.61. The Bertz CT molecular complexity index is 620. The summed E-state index contributed by atoms with van der Waals surface area (Å²) in [4.78, 5) is 2.32. The molecule has 6 nitrogen and oxygen atoms in total. The van der Waals surface area contributed by atoms with E-state index in [4.69, 9.17) is 0 Å². The van der Waals surface area contributed by atoms with Gasteiger partial charge in [-0.3, -0.25) is 9.67 Å². The molecule has 1 saturated heterocycles. The normalized spacial score (nSPS) is 18.6. The molecule has 0 radical (unpaired) electrons. The molecule has 0 atom stereocenters. The predicted octanol–water partition coefficient (Wildman–Crippen LogP) is 1.68. The summed E-state index contributed by atoms with van der Waals surface area (Å²) in [5.41, 5.74) is 3.64. The van der Waals surface area contributed by atoms with E-state index < -0.39 is 0 Å². The molecule has 2 aromatic heterocycles. The summed E-state index contributed by atoms with van der Waals surface area (Å²) in [6.07, 6.45) is 7.22. The first-order valence-corrected chi connectivity index (χ1v) is 7.55. The summed E-state index contributed by atoms with van der Waals surface area (Å²) in [5, 5.41) is 16.5. The van der Waals surface area contributed by atoms with Crippen LogP contribution < -0.4 is 4.90 Å². The van der Waals surface area contributed by atoms with Crippen molar-refractivity contribution in [2.75, 3.05) is 18.0 Å². The molecule has 1 aliphatic carbocycles. The standard InChI is InChI=1S/C14H20N6/c1-19-13(17-18-14(19)20-8-4-5-9-20)12-10-6-2-3-7-11(10)15-16-12/h2-9H2,1H3,(H,15,16). The average Bonchev–Trinajstić information content (AvgIpc) is 3.17. The Morgan fingerprint density at radius 1 is 1.00 bits per heavy atom. The molecule has 1 aliphatic heterocycles. The van der Waals surface area contributed by atoms with Gasteiger partial charge in [0.2, 0.25) is 5.95 Å². The van der Waals surface area contributed by atoms with Crippen LogP contribution in [0.2, 0.25) is 0 Å². The first-order chi connectivity index (χ1) is 9.84. The second-order valence-corrected chi connectivity index (χ2v) is 5.81. The molecule has 3 heterocycles. The molecule has 0 aromatic carbocycles. The monoisotopic (exact) mass is 272 g/mol. The molecule has 4 rings (SSSR count). The molecule has 0 saturated carbocycles. The van der Waals surface area contributed by atoms with Crippen molar-refractivity contribution in [3.63, 3.8) is 0 Å². The number of aryl methyl sites for hydroxylation is 1. The highest BCUT2D eigenvalue weighted by atomic mass is 15.4. The van der Waals surface area contributed by atoms with Crippen LogP contribution in [0.15, 0.2) is 0 Å². The number of nitrogens with one attached hydrogen (secondary N) is 1. The summed E-state index contributed by atoms with van der Waals surface area (Å²) in [6.45, 7) is 2.18. The molecule has 20 heavy (non-hydrogen) atoms. The van der Waals surface area contributed by atoms with Crippen molar-refractivity contribution in [3.8, 4) is 11.5 Å². The fraction of sp³-hybridized carbons (Fsp3) is 0.643. The average molecular weight is 272 g/mol. The van der Waals surface area contributed by atoms with Crippen LogP contribution in [0.5, 0.6) is 0 Å². The van der Waals surface area contributed by atoms with Crippen LogP contribution in [0.4, 0.5) is 5.95 Å². The highest BCUT2D eigenvalue weighted by Gasteiger charge is 2.24. The molecular formula is C14H20N6. The zero-order valence-corrected chi connectivity index (χ0v) is 11.9. The van der Waals surface area contributed by atoms with Gasteiger partial charge in [0.25, 0.3) is 0 Å². The van der Waals surface area contributed by atoms with Crippen molar-refractivity contribution in [3.05, 3.63) is 11.3 Å². The van der Waals surface area contributed by atoms with Gasteiger partial charge in [-0.1, -0.05) is 0 Å². The number of hydrogen-bond acceptors (Lipinski definition) is 4. The van der Waals surface area contributed by atoms with Gasteiger partial charge in [-0.05, 0) is 38.5 Å². The predicted molar refractivity (Wildman–Crippen MR) is 76.7 cm³/mol. The van der Waals surface area contributed by atoms with E-state index in [2.05, 4.69) is 29.9 Å². The highest BCUT2D eigenvalue weighted by Crippen LogP contribution is 2.30. The molecule has 106 valence electrons. The van der Waals surface area contributed by atoms with Crippen molar-refractivity contribution >= 4 is 5.95 Å². The van der Waals surface area contributed by atoms with E-state index in [1.165, 1.54) is 36.9 Å². The number of aromatic amines is 1. The van der Waals surface area contributed by atoms with Gasteiger partial charge in [-0.25, -0.2) is 0 Å². The van der Waals surface area contributed by atoms with Crippen molar-refractivity contribution in [2.24, 2.45) is 7.05 Å². The molecule has 0 amide bonds. The van der Waals surface area contributed by atoms with Gasteiger partial charge in [0, 0.05) is 31.4 Å². The summed E-state index contributed by atoms with van der Waals surface area (Å²) in [7, 11) is 2.05. The Kier molecular flexibility index (Phi) is 2.75. The topological polar surface area (TPSA) is 62.6 Å². The summed E-state index contributed by atoms with van der Waals surface area (Å²) in [5.74, 6) is 1.87. The van der Waals surface area contributed by atoms with E-state index in [-0.39, 0.29) is 0 Å². The summed E-state index contributed by atoms with van der Waals surface area (Å²) in [6, 6.07) is 0. The molecular weight excluding hydrogens is 252 g/mol. The van der Waals surface area contributed by atoms with E-state index >= 15 is 0 Å². The van der Waals surface area contributed by atoms with Crippen LogP contribution in [0.25, 0.3) is 11.5 Å². The molecule has 2 aliphatic rings. The Morgan fingerprint density at radius 3 is 2.65 bits per heavy atom. The number of hydrogen-bond donors (Lipinski definition) is 1. The second-order valence-electron chi connectivity index (χ2n) is 5.81. The number of anilines is 1. The maximum atomic E-state index is 4.50. The minimum absolute atomic E-state index is 0.895. The molecule has 6 heteroatoms.